The molecular weight excluding hydrogens is 256 g/mol. The third-order valence-corrected chi connectivity index (χ3v) is 6.32. The van der Waals surface area contributed by atoms with Crippen LogP contribution in [0.1, 0.15) is 37.3 Å². The molecule has 0 spiro atoms. The van der Waals surface area contributed by atoms with Gasteiger partial charge in [0.2, 0.25) is 0 Å². The molecule has 0 aromatic heterocycles. The molecule has 1 rings (SSSR count). The normalized spacial score (nSPS) is 14.6. The van der Waals surface area contributed by atoms with Crippen molar-refractivity contribution < 1.29 is 8.42 Å². The van der Waals surface area contributed by atoms with E-state index in [2.05, 4.69) is 6.92 Å². The summed E-state index contributed by atoms with van der Waals surface area (Å²) in [5.74, 6) is 0. The molecule has 1 aromatic rings. The van der Waals surface area contributed by atoms with E-state index in [-0.39, 0.29) is 0 Å². The van der Waals surface area contributed by atoms with Crippen molar-refractivity contribution >= 4 is 21.4 Å². The summed E-state index contributed by atoms with van der Waals surface area (Å²) in [5, 5.41) is -0.539. The molecule has 4 heteroatoms. The summed E-state index contributed by atoms with van der Waals surface area (Å²) in [6, 6.07) is 7.79. The van der Waals surface area contributed by atoms with Crippen molar-refractivity contribution in [3.05, 3.63) is 35.4 Å². The summed E-state index contributed by atoms with van der Waals surface area (Å²) >= 11 is 6.30. The molecule has 0 bridgehead atoms. The number of hydrogen-bond donors (Lipinski definition) is 0. The highest BCUT2D eigenvalue weighted by molar-refractivity contribution is 7.92. The fourth-order valence-corrected chi connectivity index (χ4v) is 2.65. The summed E-state index contributed by atoms with van der Waals surface area (Å²) in [5.41, 5.74) is 2.06. The summed E-state index contributed by atoms with van der Waals surface area (Å²) in [4.78, 5) is 0. The number of hydrogen-bond acceptors (Lipinski definition) is 2. The first-order valence-electron chi connectivity index (χ1n) is 5.62. The van der Waals surface area contributed by atoms with Gasteiger partial charge in [0, 0.05) is 6.26 Å². The Hall–Kier alpha value is -0.540. The molecule has 96 valence electrons. The van der Waals surface area contributed by atoms with Crippen LogP contribution in [0.5, 0.6) is 0 Å². The molecule has 0 saturated heterocycles. The predicted molar refractivity (Wildman–Crippen MR) is 73.3 cm³/mol. The van der Waals surface area contributed by atoms with Crippen LogP contribution >= 0.6 is 11.6 Å². The monoisotopic (exact) mass is 274 g/mol. The molecule has 0 fully saturated rings. The molecule has 0 aliphatic heterocycles. The van der Waals surface area contributed by atoms with Gasteiger partial charge in [-0.25, -0.2) is 8.42 Å². The van der Waals surface area contributed by atoms with Gasteiger partial charge in [0.25, 0.3) is 0 Å². The Morgan fingerprint density at radius 2 is 1.71 bits per heavy atom. The van der Waals surface area contributed by atoms with Gasteiger partial charge in [-0.2, -0.15) is 0 Å². The molecule has 17 heavy (non-hydrogen) atoms. The van der Waals surface area contributed by atoms with E-state index < -0.39 is 20.0 Å². The van der Waals surface area contributed by atoms with E-state index in [1.54, 1.807) is 13.8 Å². The summed E-state index contributed by atoms with van der Waals surface area (Å²) in [6.07, 6.45) is 2.19. The largest absolute Gasteiger partial charge is 0.229 e. The summed E-state index contributed by atoms with van der Waals surface area (Å²) in [6.45, 7) is 5.40. The third kappa shape index (κ3) is 3.02. The van der Waals surface area contributed by atoms with E-state index in [1.165, 1.54) is 11.8 Å². The molecule has 0 radical (unpaired) electrons. The van der Waals surface area contributed by atoms with E-state index >= 15 is 0 Å². The molecule has 0 heterocycles. The van der Waals surface area contributed by atoms with Crippen molar-refractivity contribution in [3.8, 4) is 0 Å². The van der Waals surface area contributed by atoms with Crippen LogP contribution in [0.4, 0.5) is 0 Å². The number of aryl methyl sites for hydroxylation is 1. The van der Waals surface area contributed by atoms with Gasteiger partial charge < -0.3 is 0 Å². The van der Waals surface area contributed by atoms with Crippen molar-refractivity contribution in [3.63, 3.8) is 0 Å². The minimum Gasteiger partial charge on any atom is -0.229 e. The van der Waals surface area contributed by atoms with Crippen LogP contribution in [-0.2, 0) is 16.3 Å². The Morgan fingerprint density at radius 3 is 2.06 bits per heavy atom. The average Bonchev–Trinajstić information content (AvgIpc) is 2.26. The Bertz CT molecular complexity index is 475. The lowest BCUT2D eigenvalue weighted by molar-refractivity contribution is 0.544. The number of alkyl halides is 1. The van der Waals surface area contributed by atoms with Crippen LogP contribution in [-0.4, -0.2) is 19.4 Å². The summed E-state index contributed by atoms with van der Waals surface area (Å²) < 4.78 is 22.4. The SMILES string of the molecule is CCc1ccc(C(Cl)C(C)(C)S(C)(=O)=O)cc1. The van der Waals surface area contributed by atoms with Gasteiger partial charge in [-0.1, -0.05) is 31.2 Å². The second-order valence-corrected chi connectivity index (χ2v) is 7.87. The third-order valence-electron chi connectivity index (χ3n) is 3.25. The van der Waals surface area contributed by atoms with Crippen molar-refractivity contribution in [1.29, 1.82) is 0 Å². The predicted octanol–water partition coefficient (Wildman–Crippen LogP) is 3.35. The molecule has 1 aromatic carbocycles. The molecule has 0 aliphatic rings. The minimum absolute atomic E-state index is 0.539. The Kier molecular flexibility index (Phi) is 4.26. The molecule has 0 amide bonds. The Labute approximate surface area is 109 Å². The van der Waals surface area contributed by atoms with Crippen LogP contribution in [0.15, 0.2) is 24.3 Å². The van der Waals surface area contributed by atoms with E-state index in [9.17, 15) is 8.42 Å². The van der Waals surface area contributed by atoms with Gasteiger partial charge in [0.05, 0.1) is 10.1 Å². The van der Waals surface area contributed by atoms with Gasteiger partial charge >= 0.3 is 0 Å². The van der Waals surface area contributed by atoms with E-state index in [0.717, 1.165) is 12.0 Å². The molecule has 0 N–H and O–H groups in total. The molecule has 1 atom stereocenters. The zero-order chi connectivity index (χ0) is 13.3. The lowest BCUT2D eigenvalue weighted by atomic mass is 10.00. The second-order valence-electron chi connectivity index (χ2n) is 4.83. The van der Waals surface area contributed by atoms with Gasteiger partial charge in [-0.05, 0) is 31.4 Å². The molecule has 0 aliphatic carbocycles. The number of sulfone groups is 1. The smallest absolute Gasteiger partial charge is 0.154 e. The molecule has 0 saturated carbocycles. The van der Waals surface area contributed by atoms with Crippen molar-refractivity contribution in [2.75, 3.05) is 6.26 Å². The maximum absolute atomic E-state index is 11.7. The van der Waals surface area contributed by atoms with Crippen LogP contribution in [0.3, 0.4) is 0 Å². The standard InChI is InChI=1S/C13H19ClO2S/c1-5-10-6-8-11(9-7-10)12(14)13(2,3)17(4,15)16/h6-9,12H,5H2,1-4H3. The minimum atomic E-state index is -3.20. The quantitative estimate of drug-likeness (QED) is 0.789. The van der Waals surface area contributed by atoms with Crippen molar-refractivity contribution in [2.45, 2.75) is 37.3 Å². The molecule has 1 unspecified atom stereocenters. The Morgan fingerprint density at radius 1 is 1.24 bits per heavy atom. The maximum Gasteiger partial charge on any atom is 0.154 e. The first-order valence-corrected chi connectivity index (χ1v) is 7.95. The van der Waals surface area contributed by atoms with Gasteiger partial charge in [-0.15, -0.1) is 11.6 Å². The lowest BCUT2D eigenvalue weighted by Gasteiger charge is -2.28. The topological polar surface area (TPSA) is 34.1 Å². The fraction of sp³-hybridized carbons (Fsp3) is 0.538. The van der Waals surface area contributed by atoms with Gasteiger partial charge in [0.1, 0.15) is 0 Å². The first kappa shape index (κ1) is 14.5. The lowest BCUT2D eigenvalue weighted by Crippen LogP contribution is -2.35. The number of rotatable bonds is 4. The zero-order valence-electron chi connectivity index (χ0n) is 10.7. The van der Waals surface area contributed by atoms with Crippen LogP contribution in [0.2, 0.25) is 0 Å². The van der Waals surface area contributed by atoms with Crippen LogP contribution in [0.25, 0.3) is 0 Å². The maximum atomic E-state index is 11.7. The van der Waals surface area contributed by atoms with Crippen molar-refractivity contribution in [1.82, 2.24) is 0 Å². The van der Waals surface area contributed by atoms with Gasteiger partial charge in [-0.3, -0.25) is 0 Å². The highest BCUT2D eigenvalue weighted by atomic mass is 35.5. The van der Waals surface area contributed by atoms with E-state index in [1.807, 2.05) is 24.3 Å². The van der Waals surface area contributed by atoms with Crippen molar-refractivity contribution in [2.24, 2.45) is 0 Å². The second kappa shape index (κ2) is 4.99. The highest BCUT2D eigenvalue weighted by Crippen LogP contribution is 2.37. The molecule has 2 nitrogen and oxygen atoms in total. The fourth-order valence-electron chi connectivity index (χ4n) is 1.51. The van der Waals surface area contributed by atoms with E-state index in [4.69, 9.17) is 11.6 Å². The van der Waals surface area contributed by atoms with Gasteiger partial charge in [0.15, 0.2) is 9.84 Å². The zero-order valence-corrected chi connectivity index (χ0v) is 12.3. The van der Waals surface area contributed by atoms with Crippen LogP contribution < -0.4 is 0 Å². The molecular formula is C13H19ClO2S. The number of halogens is 1. The van der Waals surface area contributed by atoms with Crippen LogP contribution in [0, 0.1) is 0 Å². The number of benzene rings is 1. The Balaban J connectivity index is 3.08. The average molecular weight is 275 g/mol. The van der Waals surface area contributed by atoms with E-state index in [0.29, 0.717) is 0 Å². The first-order chi connectivity index (χ1) is 7.70. The summed E-state index contributed by atoms with van der Waals surface area (Å²) in [7, 11) is -3.20. The highest BCUT2D eigenvalue weighted by Gasteiger charge is 2.38.